The molecule has 0 aliphatic carbocycles. The van der Waals surface area contributed by atoms with Crippen LogP contribution in [0, 0.1) is 27.2 Å². The van der Waals surface area contributed by atoms with Crippen molar-refractivity contribution in [3.63, 3.8) is 0 Å². The molecule has 0 spiro atoms. The standard InChI is InChI=1S/C12H8N4O8S/c1-5-13-14-12(24-5)25-9(11(18)19)3-6-2-7(15(20)21)4-8(10(6)17)16(22)23/h2-4,17H,1H3,(H,18,19)/b9-3-. The maximum atomic E-state index is 11.3. The second-order valence-electron chi connectivity index (χ2n) is 4.42. The molecule has 0 saturated carbocycles. The highest BCUT2D eigenvalue weighted by Crippen LogP contribution is 2.37. The second-order valence-corrected chi connectivity index (χ2v) is 5.41. The van der Waals surface area contributed by atoms with Crippen molar-refractivity contribution in [3.05, 3.63) is 48.7 Å². The topological polar surface area (TPSA) is 183 Å². The zero-order chi connectivity index (χ0) is 18.7. The molecule has 13 heteroatoms. The lowest BCUT2D eigenvalue weighted by atomic mass is 10.1. The zero-order valence-electron chi connectivity index (χ0n) is 12.3. The van der Waals surface area contributed by atoms with Gasteiger partial charge in [0.15, 0.2) is 0 Å². The molecule has 0 fully saturated rings. The summed E-state index contributed by atoms with van der Waals surface area (Å²) in [6.07, 6.45) is 0.835. The fourth-order valence-corrected chi connectivity index (χ4v) is 2.38. The number of hydrogen-bond donors (Lipinski definition) is 2. The molecule has 0 radical (unpaired) electrons. The van der Waals surface area contributed by atoms with Crippen LogP contribution in [0.4, 0.5) is 11.4 Å². The fraction of sp³-hybridized carbons (Fsp3) is 0.0833. The first-order chi connectivity index (χ1) is 11.7. The van der Waals surface area contributed by atoms with Gasteiger partial charge >= 0.3 is 11.7 Å². The lowest BCUT2D eigenvalue weighted by Crippen LogP contribution is -1.99. The Morgan fingerprint density at radius 2 is 1.96 bits per heavy atom. The summed E-state index contributed by atoms with van der Waals surface area (Å²) in [5, 5.41) is 47.9. The van der Waals surface area contributed by atoms with Gasteiger partial charge in [0, 0.05) is 18.6 Å². The number of nitro groups is 2. The molecule has 0 aliphatic rings. The highest BCUT2D eigenvalue weighted by molar-refractivity contribution is 8.03. The van der Waals surface area contributed by atoms with Gasteiger partial charge in [-0.1, -0.05) is 0 Å². The minimum atomic E-state index is -1.46. The molecule has 2 aromatic rings. The summed E-state index contributed by atoms with van der Waals surface area (Å²) < 4.78 is 5.01. The molecule has 25 heavy (non-hydrogen) atoms. The average molecular weight is 368 g/mol. The quantitative estimate of drug-likeness (QED) is 0.329. The van der Waals surface area contributed by atoms with E-state index in [1.165, 1.54) is 6.92 Å². The number of aromatic nitrogens is 2. The van der Waals surface area contributed by atoms with Crippen LogP contribution in [0.3, 0.4) is 0 Å². The molecule has 2 N–H and O–H groups in total. The van der Waals surface area contributed by atoms with Crippen LogP contribution in [-0.4, -0.2) is 36.2 Å². The maximum absolute atomic E-state index is 11.3. The molecular weight excluding hydrogens is 360 g/mol. The lowest BCUT2D eigenvalue weighted by molar-refractivity contribution is -0.394. The van der Waals surface area contributed by atoms with Crippen molar-refractivity contribution >= 4 is 35.2 Å². The summed E-state index contributed by atoms with van der Waals surface area (Å²) in [5.41, 5.74) is -2.02. The Morgan fingerprint density at radius 1 is 1.28 bits per heavy atom. The van der Waals surface area contributed by atoms with Crippen LogP contribution in [0.15, 0.2) is 26.7 Å². The van der Waals surface area contributed by atoms with Gasteiger partial charge in [0.2, 0.25) is 11.6 Å². The number of nitrogens with zero attached hydrogens (tertiary/aromatic N) is 4. The Balaban J connectivity index is 2.56. The number of thioether (sulfide) groups is 1. The van der Waals surface area contributed by atoms with E-state index < -0.39 is 43.4 Å². The number of phenolic OH excluding ortho intramolecular Hbond substituents is 1. The van der Waals surface area contributed by atoms with Crippen LogP contribution in [0.1, 0.15) is 11.5 Å². The summed E-state index contributed by atoms with van der Waals surface area (Å²) in [5.74, 6) is -2.19. The number of carboxylic acid groups (broad SMARTS) is 1. The summed E-state index contributed by atoms with van der Waals surface area (Å²) >= 11 is 0.520. The van der Waals surface area contributed by atoms with Crippen molar-refractivity contribution in [2.24, 2.45) is 0 Å². The Labute approximate surface area is 142 Å². The van der Waals surface area contributed by atoms with E-state index >= 15 is 0 Å². The first-order valence-electron chi connectivity index (χ1n) is 6.27. The van der Waals surface area contributed by atoms with Gasteiger partial charge in [0.1, 0.15) is 4.91 Å². The summed E-state index contributed by atoms with van der Waals surface area (Å²) in [6, 6.07) is 1.38. The molecule has 0 aliphatic heterocycles. The van der Waals surface area contributed by atoms with Crippen molar-refractivity contribution in [2.75, 3.05) is 0 Å². The molecule has 2 rings (SSSR count). The number of phenols is 1. The van der Waals surface area contributed by atoms with E-state index in [1.807, 2.05) is 0 Å². The fourth-order valence-electron chi connectivity index (χ4n) is 1.67. The molecule has 0 atom stereocenters. The first-order valence-corrected chi connectivity index (χ1v) is 7.09. The molecule has 1 heterocycles. The lowest BCUT2D eigenvalue weighted by Gasteiger charge is -2.03. The van der Waals surface area contributed by atoms with Crippen LogP contribution in [0.25, 0.3) is 6.08 Å². The third-order valence-electron chi connectivity index (χ3n) is 2.71. The molecule has 1 aromatic carbocycles. The van der Waals surface area contributed by atoms with Gasteiger partial charge < -0.3 is 14.6 Å². The maximum Gasteiger partial charge on any atom is 0.342 e. The molecule has 0 amide bonds. The Hall–Kier alpha value is -3.48. The van der Waals surface area contributed by atoms with Crippen molar-refractivity contribution in [2.45, 2.75) is 12.1 Å². The summed E-state index contributed by atoms with van der Waals surface area (Å²) in [7, 11) is 0. The number of carboxylic acids is 1. The Morgan fingerprint density at radius 3 is 2.44 bits per heavy atom. The number of non-ortho nitro benzene ring substituents is 1. The van der Waals surface area contributed by atoms with E-state index in [9.17, 15) is 35.2 Å². The highest BCUT2D eigenvalue weighted by atomic mass is 32.2. The summed E-state index contributed by atoms with van der Waals surface area (Å²) in [6.45, 7) is 1.48. The molecule has 130 valence electrons. The van der Waals surface area contributed by atoms with E-state index in [0.29, 0.717) is 17.8 Å². The van der Waals surface area contributed by atoms with E-state index in [0.717, 1.165) is 12.1 Å². The molecule has 0 bridgehead atoms. The number of aromatic hydroxyl groups is 1. The van der Waals surface area contributed by atoms with Gasteiger partial charge in [-0.05, 0) is 17.8 Å². The van der Waals surface area contributed by atoms with Crippen LogP contribution in [0.5, 0.6) is 5.75 Å². The van der Waals surface area contributed by atoms with Gasteiger partial charge in [-0.2, -0.15) is 0 Å². The minimum absolute atomic E-state index is 0.120. The van der Waals surface area contributed by atoms with E-state index in [1.54, 1.807) is 0 Å². The number of nitro benzene ring substituents is 2. The predicted octanol–water partition coefficient (Wildman–Crippen LogP) is 2.12. The SMILES string of the molecule is Cc1nnc(S/C(=C\c2cc([N+](=O)[O-])cc([N+](=O)[O-])c2O)C(=O)O)o1. The largest absolute Gasteiger partial charge is 0.502 e. The predicted molar refractivity (Wildman–Crippen MR) is 81.9 cm³/mol. The molecular formula is C12H8N4O8S. The number of hydrogen-bond acceptors (Lipinski definition) is 10. The summed E-state index contributed by atoms with van der Waals surface area (Å²) in [4.78, 5) is 30.8. The third kappa shape index (κ3) is 4.08. The third-order valence-corrected chi connectivity index (χ3v) is 3.57. The van der Waals surface area contributed by atoms with Crippen molar-refractivity contribution < 1.29 is 29.3 Å². The van der Waals surface area contributed by atoms with Crippen LogP contribution >= 0.6 is 11.8 Å². The highest BCUT2D eigenvalue weighted by Gasteiger charge is 2.24. The normalized spacial score (nSPS) is 11.3. The Kier molecular flexibility index (Phi) is 4.97. The number of rotatable bonds is 6. The zero-order valence-corrected chi connectivity index (χ0v) is 13.1. The van der Waals surface area contributed by atoms with Crippen molar-refractivity contribution in [1.29, 1.82) is 0 Å². The van der Waals surface area contributed by atoms with Crippen molar-refractivity contribution in [1.82, 2.24) is 10.2 Å². The van der Waals surface area contributed by atoms with Crippen LogP contribution < -0.4 is 0 Å². The van der Waals surface area contributed by atoms with E-state index in [-0.39, 0.29) is 11.1 Å². The number of benzene rings is 1. The van der Waals surface area contributed by atoms with Gasteiger partial charge in [-0.25, -0.2) is 4.79 Å². The molecule has 12 nitrogen and oxygen atoms in total. The monoisotopic (exact) mass is 368 g/mol. The smallest absolute Gasteiger partial charge is 0.342 e. The van der Waals surface area contributed by atoms with Gasteiger partial charge in [0.05, 0.1) is 15.9 Å². The molecule has 1 aromatic heterocycles. The van der Waals surface area contributed by atoms with Gasteiger partial charge in [-0.15, -0.1) is 10.2 Å². The van der Waals surface area contributed by atoms with E-state index in [2.05, 4.69) is 10.2 Å². The van der Waals surface area contributed by atoms with E-state index in [4.69, 9.17) is 4.42 Å². The second kappa shape index (κ2) is 6.96. The number of aryl methyl sites for hydroxylation is 1. The molecule has 0 saturated heterocycles. The van der Waals surface area contributed by atoms with Crippen LogP contribution in [0.2, 0.25) is 0 Å². The molecule has 0 unspecified atom stereocenters. The number of aliphatic carboxylic acids is 1. The van der Waals surface area contributed by atoms with Crippen molar-refractivity contribution in [3.8, 4) is 5.75 Å². The van der Waals surface area contributed by atoms with Crippen LogP contribution in [-0.2, 0) is 4.79 Å². The van der Waals surface area contributed by atoms with Gasteiger partial charge in [0.25, 0.3) is 10.9 Å². The minimum Gasteiger partial charge on any atom is -0.502 e. The first kappa shape index (κ1) is 17.9. The van der Waals surface area contributed by atoms with Gasteiger partial charge in [-0.3, -0.25) is 20.2 Å². The Bertz CT molecular complexity index is 907. The number of carbonyl (C=O) groups is 1. The average Bonchev–Trinajstić information content (AvgIpc) is 2.92.